The molecule has 0 saturated carbocycles. The molecule has 31 heavy (non-hydrogen) atoms. The monoisotopic (exact) mass is 419 g/mol. The smallest absolute Gasteiger partial charge is 0.300 e. The molecule has 0 spiro atoms. The molecule has 8 heteroatoms. The minimum absolute atomic E-state index is 0.162. The first kappa shape index (κ1) is 20.5. The zero-order chi connectivity index (χ0) is 22.0. The van der Waals surface area contributed by atoms with Crippen molar-refractivity contribution in [3.8, 4) is 5.69 Å². The second kappa shape index (κ2) is 8.51. The lowest BCUT2D eigenvalue weighted by molar-refractivity contribution is -0.121. The molecule has 0 aliphatic heterocycles. The van der Waals surface area contributed by atoms with Crippen molar-refractivity contribution in [1.29, 1.82) is 0 Å². The fourth-order valence-corrected chi connectivity index (χ4v) is 3.52. The third-order valence-electron chi connectivity index (χ3n) is 5.00. The topological polar surface area (TPSA) is 81.3 Å². The van der Waals surface area contributed by atoms with Crippen LogP contribution in [0.4, 0.5) is 4.39 Å². The molecule has 0 fully saturated rings. The van der Waals surface area contributed by atoms with E-state index in [1.807, 2.05) is 32.0 Å². The number of nitrogens with one attached hydrogen (secondary N) is 1. The van der Waals surface area contributed by atoms with Gasteiger partial charge in [0.2, 0.25) is 11.6 Å². The Labute approximate surface area is 178 Å². The highest BCUT2D eigenvalue weighted by Gasteiger charge is 2.13. The fourth-order valence-electron chi connectivity index (χ4n) is 3.52. The van der Waals surface area contributed by atoms with Gasteiger partial charge >= 0.3 is 5.56 Å². The summed E-state index contributed by atoms with van der Waals surface area (Å²) in [5.74, 6) is 0.0617. The van der Waals surface area contributed by atoms with Crippen molar-refractivity contribution in [3.63, 3.8) is 0 Å². The Hall–Kier alpha value is -3.81. The Bertz CT molecular complexity index is 1290. The Kier molecular flexibility index (Phi) is 5.62. The molecule has 4 aromatic rings. The maximum Gasteiger partial charge on any atom is 0.300 e. The number of rotatable bonds is 6. The van der Waals surface area contributed by atoms with E-state index in [0.717, 1.165) is 22.4 Å². The largest absolute Gasteiger partial charge is 0.352 e. The van der Waals surface area contributed by atoms with E-state index in [9.17, 15) is 14.0 Å². The van der Waals surface area contributed by atoms with Crippen molar-refractivity contribution < 1.29 is 9.18 Å². The predicted octanol–water partition coefficient (Wildman–Crippen LogP) is 2.89. The van der Waals surface area contributed by atoms with Gasteiger partial charge in [-0.1, -0.05) is 18.2 Å². The second-order valence-electron chi connectivity index (χ2n) is 7.53. The number of hydrogen-bond donors (Lipinski definition) is 1. The normalized spacial score (nSPS) is 11.1. The van der Waals surface area contributed by atoms with E-state index in [4.69, 9.17) is 0 Å². The number of carbonyl (C=O) groups is 1. The number of nitrogens with zero attached hydrogens (tertiary/aromatic N) is 4. The minimum Gasteiger partial charge on any atom is -0.352 e. The third kappa shape index (κ3) is 4.53. The van der Waals surface area contributed by atoms with E-state index >= 15 is 0 Å². The zero-order valence-electron chi connectivity index (χ0n) is 17.3. The van der Waals surface area contributed by atoms with Crippen LogP contribution in [0.2, 0.25) is 0 Å². The van der Waals surface area contributed by atoms with Crippen LogP contribution in [0.3, 0.4) is 0 Å². The summed E-state index contributed by atoms with van der Waals surface area (Å²) >= 11 is 0. The van der Waals surface area contributed by atoms with Crippen LogP contribution in [0.15, 0.2) is 59.7 Å². The van der Waals surface area contributed by atoms with E-state index in [2.05, 4.69) is 15.5 Å². The Morgan fingerprint density at radius 2 is 1.74 bits per heavy atom. The number of aromatic nitrogens is 4. The molecule has 1 N–H and O–H groups in total. The van der Waals surface area contributed by atoms with Crippen molar-refractivity contribution in [2.24, 2.45) is 0 Å². The standard InChI is InChI=1S/C23H22FN5O2/c1-15-11-16(2)13-19(12-15)28-9-10-29-20(26-27-22(29)23(28)31)7-8-21(30)25-14-17-3-5-18(24)6-4-17/h3-6,9-13H,7-8,14H2,1-2H3,(H,25,30). The van der Waals surface area contributed by atoms with Crippen LogP contribution < -0.4 is 10.9 Å². The van der Waals surface area contributed by atoms with E-state index in [-0.39, 0.29) is 29.4 Å². The molecule has 0 aliphatic rings. The third-order valence-corrected chi connectivity index (χ3v) is 5.00. The van der Waals surface area contributed by atoms with Gasteiger partial charge in [0.1, 0.15) is 11.6 Å². The summed E-state index contributed by atoms with van der Waals surface area (Å²) in [6, 6.07) is 11.9. The van der Waals surface area contributed by atoms with Gasteiger partial charge in [0.05, 0.1) is 0 Å². The molecule has 0 bridgehead atoms. The van der Waals surface area contributed by atoms with Gasteiger partial charge in [0, 0.05) is 37.5 Å². The highest BCUT2D eigenvalue weighted by atomic mass is 19.1. The van der Waals surface area contributed by atoms with Crippen molar-refractivity contribution in [1.82, 2.24) is 24.5 Å². The van der Waals surface area contributed by atoms with Crippen LogP contribution in [-0.4, -0.2) is 25.1 Å². The minimum atomic E-state index is -0.314. The van der Waals surface area contributed by atoms with Gasteiger partial charge in [-0.25, -0.2) is 4.39 Å². The molecular formula is C23H22FN5O2. The molecule has 0 aliphatic carbocycles. The zero-order valence-corrected chi connectivity index (χ0v) is 17.3. The molecule has 7 nitrogen and oxygen atoms in total. The van der Waals surface area contributed by atoms with E-state index in [1.165, 1.54) is 12.1 Å². The predicted molar refractivity (Wildman–Crippen MR) is 115 cm³/mol. The van der Waals surface area contributed by atoms with Crippen molar-refractivity contribution in [2.45, 2.75) is 33.2 Å². The molecule has 2 aromatic carbocycles. The summed E-state index contributed by atoms with van der Waals surface area (Å²) < 4.78 is 16.1. The maximum absolute atomic E-state index is 12.9. The maximum atomic E-state index is 12.9. The van der Waals surface area contributed by atoms with Crippen molar-refractivity contribution in [2.75, 3.05) is 0 Å². The van der Waals surface area contributed by atoms with Gasteiger partial charge < -0.3 is 5.32 Å². The first-order valence-corrected chi connectivity index (χ1v) is 9.96. The molecule has 2 aromatic heterocycles. The highest BCUT2D eigenvalue weighted by molar-refractivity contribution is 5.76. The molecule has 0 atom stereocenters. The number of hydrogen-bond acceptors (Lipinski definition) is 4. The first-order chi connectivity index (χ1) is 14.9. The Morgan fingerprint density at radius 1 is 1.03 bits per heavy atom. The highest BCUT2D eigenvalue weighted by Crippen LogP contribution is 2.13. The first-order valence-electron chi connectivity index (χ1n) is 9.96. The summed E-state index contributed by atoms with van der Waals surface area (Å²) in [5, 5.41) is 10.9. The van der Waals surface area contributed by atoms with Crippen molar-refractivity contribution in [3.05, 3.63) is 93.5 Å². The SMILES string of the molecule is Cc1cc(C)cc(-n2ccn3c(CCC(=O)NCc4ccc(F)cc4)nnc3c2=O)c1. The number of benzene rings is 2. The average Bonchev–Trinajstić information content (AvgIpc) is 3.15. The molecule has 0 saturated heterocycles. The lowest BCUT2D eigenvalue weighted by Crippen LogP contribution is -2.23. The molecule has 158 valence electrons. The molecule has 0 radical (unpaired) electrons. The number of carbonyl (C=O) groups excluding carboxylic acids is 1. The number of amides is 1. The quantitative estimate of drug-likeness (QED) is 0.521. The van der Waals surface area contributed by atoms with Crippen molar-refractivity contribution >= 4 is 11.6 Å². The Balaban J connectivity index is 1.46. The van der Waals surface area contributed by atoms with Gasteiger partial charge in [-0.3, -0.25) is 18.6 Å². The number of fused-ring (bicyclic) bond motifs is 1. The number of aryl methyl sites for hydroxylation is 3. The van der Waals surface area contributed by atoms with Gasteiger partial charge in [0.15, 0.2) is 0 Å². The lowest BCUT2D eigenvalue weighted by atomic mass is 10.1. The van der Waals surface area contributed by atoms with Crippen LogP contribution in [0.25, 0.3) is 11.3 Å². The molecule has 1 amide bonds. The molecule has 0 unspecified atom stereocenters. The van der Waals surface area contributed by atoms with Crippen LogP contribution in [0.5, 0.6) is 0 Å². The summed E-state index contributed by atoms with van der Waals surface area (Å²) in [7, 11) is 0. The number of halogens is 1. The van der Waals surface area contributed by atoms with Gasteiger partial charge in [0.25, 0.3) is 0 Å². The fraction of sp³-hybridized carbons (Fsp3) is 0.217. The van der Waals surface area contributed by atoms with E-state index < -0.39 is 0 Å². The van der Waals surface area contributed by atoms with E-state index in [1.54, 1.807) is 33.5 Å². The Morgan fingerprint density at radius 3 is 2.45 bits per heavy atom. The molecule has 2 heterocycles. The van der Waals surface area contributed by atoms with Gasteiger partial charge in [-0.15, -0.1) is 10.2 Å². The summed E-state index contributed by atoms with van der Waals surface area (Å²) in [6.07, 6.45) is 3.96. The molecular weight excluding hydrogens is 397 g/mol. The second-order valence-corrected chi connectivity index (χ2v) is 7.53. The van der Waals surface area contributed by atoms with E-state index in [0.29, 0.717) is 18.8 Å². The van der Waals surface area contributed by atoms with Gasteiger partial charge in [-0.2, -0.15) is 0 Å². The summed E-state index contributed by atoms with van der Waals surface area (Å²) in [5.41, 5.74) is 3.66. The summed E-state index contributed by atoms with van der Waals surface area (Å²) in [4.78, 5) is 25.1. The van der Waals surface area contributed by atoms with Crippen LogP contribution >= 0.6 is 0 Å². The average molecular weight is 419 g/mol. The molecule has 4 rings (SSSR count). The van der Waals surface area contributed by atoms with Gasteiger partial charge in [-0.05, 0) is 54.8 Å². The van der Waals surface area contributed by atoms with Crippen LogP contribution in [0, 0.1) is 19.7 Å². The van der Waals surface area contributed by atoms with Crippen LogP contribution in [-0.2, 0) is 17.8 Å². The summed E-state index contributed by atoms with van der Waals surface area (Å²) in [6.45, 7) is 4.28. The lowest BCUT2D eigenvalue weighted by Gasteiger charge is -2.09. The van der Waals surface area contributed by atoms with Crippen LogP contribution in [0.1, 0.15) is 28.9 Å².